The van der Waals surface area contributed by atoms with Gasteiger partial charge in [0.05, 0.1) is 16.1 Å². The highest BCUT2D eigenvalue weighted by Gasteiger charge is 2.21. The second-order valence-corrected chi connectivity index (χ2v) is 8.35. The van der Waals surface area contributed by atoms with Gasteiger partial charge in [-0.15, -0.1) is 11.3 Å². The molecule has 1 aliphatic carbocycles. The molecule has 0 atom stereocenters. The van der Waals surface area contributed by atoms with E-state index in [0.29, 0.717) is 35.9 Å². The van der Waals surface area contributed by atoms with E-state index >= 15 is 0 Å². The molecule has 0 fully saturated rings. The lowest BCUT2D eigenvalue weighted by atomic mass is 9.97. The second kappa shape index (κ2) is 8.12. The predicted molar refractivity (Wildman–Crippen MR) is 116 cm³/mol. The molecule has 4 aromatic rings. The molecule has 162 valence electrons. The molecule has 10 heteroatoms. The Hall–Kier alpha value is -3.66. The van der Waals surface area contributed by atoms with Gasteiger partial charge in [-0.05, 0) is 49.3 Å². The van der Waals surface area contributed by atoms with Crippen LogP contribution in [-0.4, -0.2) is 25.7 Å². The van der Waals surface area contributed by atoms with Crippen LogP contribution >= 0.6 is 11.3 Å². The first-order valence-corrected chi connectivity index (χ1v) is 10.9. The van der Waals surface area contributed by atoms with Crippen LogP contribution in [0.3, 0.4) is 0 Å². The Balaban J connectivity index is 1.59. The van der Waals surface area contributed by atoms with Gasteiger partial charge in [0, 0.05) is 17.7 Å². The van der Waals surface area contributed by atoms with Crippen molar-refractivity contribution >= 4 is 23.1 Å². The number of aromatic nitrogens is 4. The number of H-pyrrole nitrogens is 1. The lowest BCUT2D eigenvalue weighted by Gasteiger charge is -2.15. The number of carbonyl (C=O) groups excluding carboxylic acids is 1. The molecule has 3 aromatic heterocycles. The lowest BCUT2D eigenvalue weighted by Crippen LogP contribution is -2.25. The molecular formula is C22H17F2N5O2S. The van der Waals surface area contributed by atoms with Crippen molar-refractivity contribution in [2.75, 3.05) is 5.32 Å². The Labute approximate surface area is 184 Å². The van der Waals surface area contributed by atoms with E-state index in [9.17, 15) is 18.4 Å². The largest absolute Gasteiger partial charge is 0.306 e. The number of aryl methyl sites for hydroxylation is 1. The zero-order valence-corrected chi connectivity index (χ0v) is 17.5. The third-order valence-corrected chi connectivity index (χ3v) is 6.17. The van der Waals surface area contributed by atoms with Crippen molar-refractivity contribution in [3.05, 3.63) is 80.6 Å². The SMILES string of the molecule is O=C(Nc1cc(-c2cccs2)nn1-c1nc2c(c(=O)[nH]1)CCCC2)c1ccc(F)cc1F. The summed E-state index contributed by atoms with van der Waals surface area (Å²) < 4.78 is 28.7. The Morgan fingerprint density at radius 2 is 2.00 bits per heavy atom. The summed E-state index contributed by atoms with van der Waals surface area (Å²) in [5, 5.41) is 9.02. The fourth-order valence-electron chi connectivity index (χ4n) is 3.72. The van der Waals surface area contributed by atoms with Crippen molar-refractivity contribution in [3.63, 3.8) is 0 Å². The first-order chi connectivity index (χ1) is 15.5. The Bertz CT molecular complexity index is 1380. The molecule has 0 unspecified atom stereocenters. The fourth-order valence-corrected chi connectivity index (χ4v) is 4.41. The van der Waals surface area contributed by atoms with Gasteiger partial charge < -0.3 is 5.32 Å². The third-order valence-electron chi connectivity index (χ3n) is 5.28. The van der Waals surface area contributed by atoms with Crippen molar-refractivity contribution in [3.8, 4) is 16.5 Å². The predicted octanol–water partition coefficient (Wildman–Crippen LogP) is 4.09. The number of aromatic amines is 1. The first kappa shape index (κ1) is 20.3. The minimum atomic E-state index is -0.979. The lowest BCUT2D eigenvalue weighted by molar-refractivity contribution is 0.102. The molecule has 7 nitrogen and oxygen atoms in total. The van der Waals surface area contributed by atoms with Gasteiger partial charge in [-0.1, -0.05) is 6.07 Å². The highest BCUT2D eigenvalue weighted by Crippen LogP contribution is 2.28. The Kier molecular flexibility index (Phi) is 5.14. The average Bonchev–Trinajstić information content (AvgIpc) is 3.44. The summed E-state index contributed by atoms with van der Waals surface area (Å²) in [6.07, 6.45) is 3.24. The first-order valence-electron chi connectivity index (χ1n) is 10.0. The number of hydrogen-bond donors (Lipinski definition) is 2. The maximum atomic E-state index is 14.1. The van der Waals surface area contributed by atoms with Crippen LogP contribution < -0.4 is 10.9 Å². The smallest absolute Gasteiger partial charge is 0.259 e. The second-order valence-electron chi connectivity index (χ2n) is 7.40. The van der Waals surface area contributed by atoms with Gasteiger partial charge >= 0.3 is 0 Å². The van der Waals surface area contributed by atoms with Crippen molar-refractivity contribution in [2.45, 2.75) is 25.7 Å². The van der Waals surface area contributed by atoms with Crippen molar-refractivity contribution in [1.82, 2.24) is 19.7 Å². The van der Waals surface area contributed by atoms with E-state index in [-0.39, 0.29) is 22.9 Å². The zero-order valence-electron chi connectivity index (χ0n) is 16.7. The molecule has 1 amide bonds. The summed E-state index contributed by atoms with van der Waals surface area (Å²) >= 11 is 1.46. The number of fused-ring (bicyclic) bond motifs is 1. The Morgan fingerprint density at radius 1 is 1.16 bits per heavy atom. The molecule has 0 radical (unpaired) electrons. The number of halogens is 2. The van der Waals surface area contributed by atoms with E-state index in [0.717, 1.165) is 29.9 Å². The molecule has 1 aliphatic rings. The average molecular weight is 453 g/mol. The summed E-state index contributed by atoms with van der Waals surface area (Å²) in [5.41, 5.74) is 1.38. The molecule has 0 aliphatic heterocycles. The van der Waals surface area contributed by atoms with Crippen LogP contribution in [0.15, 0.2) is 46.6 Å². The highest BCUT2D eigenvalue weighted by atomic mass is 32.1. The van der Waals surface area contributed by atoms with Crippen molar-refractivity contribution in [2.24, 2.45) is 0 Å². The van der Waals surface area contributed by atoms with Crippen LogP contribution in [-0.2, 0) is 12.8 Å². The van der Waals surface area contributed by atoms with E-state index in [1.807, 2.05) is 17.5 Å². The maximum Gasteiger partial charge on any atom is 0.259 e. The van der Waals surface area contributed by atoms with Gasteiger partial charge in [0.25, 0.3) is 11.5 Å². The number of carbonyl (C=O) groups is 1. The number of amides is 1. The van der Waals surface area contributed by atoms with Crippen LogP contribution in [0, 0.1) is 11.6 Å². The van der Waals surface area contributed by atoms with Gasteiger partial charge in [-0.2, -0.15) is 9.78 Å². The van der Waals surface area contributed by atoms with Gasteiger partial charge in [0.2, 0.25) is 5.95 Å². The maximum absolute atomic E-state index is 14.1. The molecule has 5 rings (SSSR count). The van der Waals surface area contributed by atoms with Gasteiger partial charge in [-0.25, -0.2) is 13.8 Å². The summed E-state index contributed by atoms with van der Waals surface area (Å²) in [6, 6.07) is 8.07. The summed E-state index contributed by atoms with van der Waals surface area (Å²) in [6.45, 7) is 0. The summed E-state index contributed by atoms with van der Waals surface area (Å²) in [4.78, 5) is 33.5. The Morgan fingerprint density at radius 3 is 2.78 bits per heavy atom. The number of rotatable bonds is 4. The minimum Gasteiger partial charge on any atom is -0.306 e. The van der Waals surface area contributed by atoms with E-state index in [2.05, 4.69) is 20.4 Å². The standard InChI is InChI=1S/C22H17F2N5O2S/c23-12-7-8-13(15(24)10-12)20(30)26-19-11-17(18-6-3-9-32-18)28-29(19)22-25-16-5-2-1-4-14(16)21(31)27-22/h3,6-11H,1-2,4-5H2,(H,26,30)(H,25,27,31). The zero-order chi connectivity index (χ0) is 22.2. The third kappa shape index (κ3) is 3.73. The summed E-state index contributed by atoms with van der Waals surface area (Å²) in [5.74, 6) is -2.18. The highest BCUT2D eigenvalue weighted by molar-refractivity contribution is 7.13. The van der Waals surface area contributed by atoms with Crippen LogP contribution in [0.4, 0.5) is 14.6 Å². The summed E-state index contributed by atoms with van der Waals surface area (Å²) in [7, 11) is 0. The number of nitrogens with one attached hydrogen (secondary N) is 2. The minimum absolute atomic E-state index is 0.160. The molecule has 0 saturated carbocycles. The van der Waals surface area contributed by atoms with Crippen molar-refractivity contribution < 1.29 is 13.6 Å². The van der Waals surface area contributed by atoms with E-state index in [1.54, 1.807) is 6.07 Å². The molecular weight excluding hydrogens is 436 g/mol. The van der Waals surface area contributed by atoms with Crippen LogP contribution in [0.1, 0.15) is 34.5 Å². The van der Waals surface area contributed by atoms with Gasteiger partial charge in [0.15, 0.2) is 0 Å². The van der Waals surface area contributed by atoms with E-state index in [4.69, 9.17) is 0 Å². The fraction of sp³-hybridized carbons (Fsp3) is 0.182. The molecule has 2 N–H and O–H groups in total. The topological polar surface area (TPSA) is 92.7 Å². The number of thiophene rings is 1. The quantitative estimate of drug-likeness (QED) is 0.487. The van der Waals surface area contributed by atoms with E-state index in [1.165, 1.54) is 16.0 Å². The number of nitrogens with zero attached hydrogens (tertiary/aromatic N) is 3. The van der Waals surface area contributed by atoms with Crippen LogP contribution in [0.5, 0.6) is 0 Å². The molecule has 0 bridgehead atoms. The molecule has 3 heterocycles. The number of benzene rings is 1. The molecule has 0 spiro atoms. The normalized spacial score (nSPS) is 13.1. The molecule has 1 aromatic carbocycles. The molecule has 32 heavy (non-hydrogen) atoms. The monoisotopic (exact) mass is 453 g/mol. The van der Waals surface area contributed by atoms with Gasteiger partial charge in [-0.3, -0.25) is 14.6 Å². The number of hydrogen-bond acceptors (Lipinski definition) is 5. The van der Waals surface area contributed by atoms with Gasteiger partial charge in [0.1, 0.15) is 23.1 Å². The van der Waals surface area contributed by atoms with E-state index < -0.39 is 17.5 Å². The van der Waals surface area contributed by atoms with Crippen LogP contribution in [0.25, 0.3) is 16.5 Å². The van der Waals surface area contributed by atoms with Crippen molar-refractivity contribution in [1.29, 1.82) is 0 Å². The molecule has 0 saturated heterocycles. The number of anilines is 1. The van der Waals surface area contributed by atoms with Crippen LogP contribution in [0.2, 0.25) is 0 Å².